The summed E-state index contributed by atoms with van der Waals surface area (Å²) in [4.78, 5) is 13.8. The molecule has 0 saturated carbocycles. The first-order valence-electron chi connectivity index (χ1n) is 10.7. The van der Waals surface area contributed by atoms with Gasteiger partial charge in [-0.2, -0.15) is 5.10 Å². The zero-order valence-corrected chi connectivity index (χ0v) is 19.1. The Balaban J connectivity index is 1.83. The lowest BCUT2D eigenvalue weighted by Gasteiger charge is -2.13. The van der Waals surface area contributed by atoms with E-state index in [1.165, 1.54) is 0 Å². The molecular formula is C24H28N6O2. The van der Waals surface area contributed by atoms with E-state index in [2.05, 4.69) is 29.1 Å². The highest BCUT2D eigenvalue weighted by Gasteiger charge is 2.20. The molecule has 0 saturated heterocycles. The Labute approximate surface area is 187 Å². The number of pyridine rings is 3. The normalized spacial score (nSPS) is 11.2. The predicted molar refractivity (Wildman–Crippen MR) is 125 cm³/mol. The molecule has 0 aliphatic rings. The number of nitrogens with one attached hydrogen (secondary N) is 1. The summed E-state index contributed by atoms with van der Waals surface area (Å²) in [6.07, 6.45) is 3.47. The molecule has 0 radical (unpaired) electrons. The lowest BCUT2D eigenvalue weighted by molar-refractivity contribution is 0.328. The molecule has 8 heteroatoms. The van der Waals surface area contributed by atoms with Gasteiger partial charge in [-0.05, 0) is 37.1 Å². The summed E-state index contributed by atoms with van der Waals surface area (Å²) in [5, 5.41) is 9.32. The highest BCUT2D eigenvalue weighted by molar-refractivity contribution is 5.94. The lowest BCUT2D eigenvalue weighted by Crippen LogP contribution is -2.05. The Morgan fingerprint density at radius 2 is 1.97 bits per heavy atom. The van der Waals surface area contributed by atoms with Crippen molar-refractivity contribution in [2.45, 2.75) is 33.2 Å². The SMILES string of the molecule is CCOc1ncccc1-c1cc(NCc2cc(OC)ccn2)c2c(C(C)C)nn(C)c2n1. The molecule has 0 amide bonds. The van der Waals surface area contributed by atoms with E-state index in [0.717, 1.165) is 45.1 Å². The average Bonchev–Trinajstić information content (AvgIpc) is 3.15. The Kier molecular flexibility index (Phi) is 6.20. The zero-order valence-electron chi connectivity index (χ0n) is 19.1. The number of hydrogen-bond donors (Lipinski definition) is 1. The number of rotatable bonds is 8. The molecule has 0 atom stereocenters. The minimum Gasteiger partial charge on any atom is -0.497 e. The van der Waals surface area contributed by atoms with Crippen molar-refractivity contribution in [3.63, 3.8) is 0 Å². The van der Waals surface area contributed by atoms with Crippen LogP contribution in [0.4, 0.5) is 5.69 Å². The van der Waals surface area contributed by atoms with Crippen LogP contribution >= 0.6 is 0 Å². The van der Waals surface area contributed by atoms with Crippen LogP contribution in [0.3, 0.4) is 0 Å². The lowest BCUT2D eigenvalue weighted by atomic mass is 10.0. The van der Waals surface area contributed by atoms with Crippen molar-refractivity contribution in [2.75, 3.05) is 19.0 Å². The van der Waals surface area contributed by atoms with E-state index < -0.39 is 0 Å². The van der Waals surface area contributed by atoms with Crippen molar-refractivity contribution in [1.82, 2.24) is 24.7 Å². The van der Waals surface area contributed by atoms with Gasteiger partial charge in [0.1, 0.15) is 5.75 Å². The minimum atomic E-state index is 0.249. The van der Waals surface area contributed by atoms with Gasteiger partial charge in [-0.1, -0.05) is 13.8 Å². The predicted octanol–water partition coefficient (Wildman–Crippen LogP) is 4.57. The Morgan fingerprint density at radius 1 is 1.12 bits per heavy atom. The molecule has 0 bridgehead atoms. The average molecular weight is 433 g/mol. The molecule has 4 rings (SSSR count). The summed E-state index contributed by atoms with van der Waals surface area (Å²) in [6.45, 7) is 7.28. The van der Waals surface area contributed by atoms with Gasteiger partial charge in [0, 0.05) is 31.2 Å². The van der Waals surface area contributed by atoms with Gasteiger partial charge >= 0.3 is 0 Å². The highest BCUT2D eigenvalue weighted by atomic mass is 16.5. The fraction of sp³-hybridized carbons (Fsp3) is 0.333. The van der Waals surface area contributed by atoms with Crippen molar-refractivity contribution in [3.05, 3.63) is 54.1 Å². The minimum absolute atomic E-state index is 0.249. The van der Waals surface area contributed by atoms with Crippen LogP contribution in [0.15, 0.2) is 42.7 Å². The fourth-order valence-corrected chi connectivity index (χ4v) is 3.66. The summed E-state index contributed by atoms with van der Waals surface area (Å²) in [5.74, 6) is 1.59. The van der Waals surface area contributed by atoms with Crippen LogP contribution in [0.25, 0.3) is 22.3 Å². The second-order valence-corrected chi connectivity index (χ2v) is 7.75. The third kappa shape index (κ3) is 4.21. The summed E-state index contributed by atoms with van der Waals surface area (Å²) in [7, 11) is 3.57. The number of ether oxygens (including phenoxy) is 2. The van der Waals surface area contributed by atoms with E-state index >= 15 is 0 Å². The van der Waals surface area contributed by atoms with Crippen LogP contribution < -0.4 is 14.8 Å². The molecule has 0 fully saturated rings. The van der Waals surface area contributed by atoms with Crippen molar-refractivity contribution < 1.29 is 9.47 Å². The van der Waals surface area contributed by atoms with Crippen molar-refractivity contribution in [2.24, 2.45) is 7.05 Å². The monoisotopic (exact) mass is 432 g/mol. The van der Waals surface area contributed by atoms with Gasteiger partial charge in [0.05, 0.1) is 48.3 Å². The highest BCUT2D eigenvalue weighted by Crippen LogP contribution is 2.35. The topological polar surface area (TPSA) is 87.0 Å². The summed E-state index contributed by atoms with van der Waals surface area (Å²) in [5.41, 5.74) is 5.23. The Hall–Kier alpha value is -3.68. The summed E-state index contributed by atoms with van der Waals surface area (Å²) >= 11 is 0. The first-order chi connectivity index (χ1) is 15.5. The number of aromatic nitrogens is 5. The first kappa shape index (κ1) is 21.5. The van der Waals surface area contributed by atoms with Gasteiger partial charge in [0.2, 0.25) is 5.88 Å². The van der Waals surface area contributed by atoms with Crippen LogP contribution in [-0.4, -0.2) is 38.4 Å². The number of aryl methyl sites for hydroxylation is 1. The van der Waals surface area contributed by atoms with Gasteiger partial charge < -0.3 is 14.8 Å². The second kappa shape index (κ2) is 9.21. The number of hydrogen-bond acceptors (Lipinski definition) is 7. The molecule has 32 heavy (non-hydrogen) atoms. The molecule has 0 aliphatic carbocycles. The first-order valence-corrected chi connectivity index (χ1v) is 10.7. The van der Waals surface area contributed by atoms with Crippen LogP contribution in [-0.2, 0) is 13.6 Å². The quantitative estimate of drug-likeness (QED) is 0.436. The maximum Gasteiger partial charge on any atom is 0.222 e. The van der Waals surface area contributed by atoms with E-state index in [9.17, 15) is 0 Å². The third-order valence-corrected chi connectivity index (χ3v) is 5.18. The van der Waals surface area contributed by atoms with Crippen molar-refractivity contribution in [3.8, 4) is 22.9 Å². The standard InChI is InChI=1S/C24H28N6O2/c1-6-32-24-18(8-7-10-26-24)19-13-20(27-14-16-12-17(31-5)9-11-25-16)21-22(15(2)3)29-30(4)23(21)28-19/h7-13,15H,6,14H2,1-5H3,(H,27,28). The van der Waals surface area contributed by atoms with Crippen LogP contribution in [0, 0.1) is 0 Å². The molecule has 1 N–H and O–H groups in total. The molecule has 4 aromatic rings. The van der Waals surface area contributed by atoms with E-state index in [1.807, 2.05) is 49.0 Å². The molecule has 166 valence electrons. The van der Waals surface area contributed by atoms with Gasteiger partial charge in [-0.25, -0.2) is 9.97 Å². The molecule has 8 nitrogen and oxygen atoms in total. The van der Waals surface area contributed by atoms with E-state index in [4.69, 9.17) is 19.6 Å². The smallest absolute Gasteiger partial charge is 0.222 e. The van der Waals surface area contributed by atoms with Crippen LogP contribution in [0.2, 0.25) is 0 Å². The third-order valence-electron chi connectivity index (χ3n) is 5.18. The largest absolute Gasteiger partial charge is 0.497 e. The van der Waals surface area contributed by atoms with E-state index in [0.29, 0.717) is 19.0 Å². The molecule has 4 heterocycles. The van der Waals surface area contributed by atoms with Crippen LogP contribution in [0.5, 0.6) is 11.6 Å². The fourth-order valence-electron chi connectivity index (χ4n) is 3.66. The van der Waals surface area contributed by atoms with Gasteiger partial charge in [0.15, 0.2) is 5.65 Å². The second-order valence-electron chi connectivity index (χ2n) is 7.75. The number of fused-ring (bicyclic) bond motifs is 1. The molecular weight excluding hydrogens is 404 g/mol. The zero-order chi connectivity index (χ0) is 22.7. The molecule has 0 unspecified atom stereocenters. The van der Waals surface area contributed by atoms with Gasteiger partial charge in [-0.3, -0.25) is 9.67 Å². The maximum atomic E-state index is 5.75. The van der Waals surface area contributed by atoms with Gasteiger partial charge in [0.25, 0.3) is 0 Å². The molecule has 4 aromatic heterocycles. The molecule has 0 spiro atoms. The Bertz CT molecular complexity index is 1230. The van der Waals surface area contributed by atoms with Crippen molar-refractivity contribution in [1.29, 1.82) is 0 Å². The van der Waals surface area contributed by atoms with Crippen LogP contribution in [0.1, 0.15) is 38.1 Å². The number of anilines is 1. The molecule has 0 aromatic carbocycles. The van der Waals surface area contributed by atoms with Crippen molar-refractivity contribution >= 4 is 16.7 Å². The van der Waals surface area contributed by atoms with Gasteiger partial charge in [-0.15, -0.1) is 0 Å². The maximum absolute atomic E-state index is 5.75. The number of methoxy groups -OCH3 is 1. The summed E-state index contributed by atoms with van der Waals surface area (Å²) < 4.78 is 12.9. The number of nitrogens with zero attached hydrogens (tertiary/aromatic N) is 5. The summed E-state index contributed by atoms with van der Waals surface area (Å²) in [6, 6.07) is 9.66. The van der Waals surface area contributed by atoms with E-state index in [1.54, 1.807) is 19.5 Å². The Morgan fingerprint density at radius 3 is 2.72 bits per heavy atom. The van der Waals surface area contributed by atoms with E-state index in [-0.39, 0.29) is 5.92 Å². The molecule has 0 aliphatic heterocycles.